The van der Waals surface area contributed by atoms with Crippen molar-refractivity contribution in [1.82, 2.24) is 15.1 Å². The number of hydrogen-bond acceptors (Lipinski definition) is 3. The predicted octanol–water partition coefficient (Wildman–Crippen LogP) is 1.55. The molecule has 1 aliphatic rings. The summed E-state index contributed by atoms with van der Waals surface area (Å²) in [4.78, 5) is 0. The molecule has 4 nitrogen and oxygen atoms in total. The molecule has 1 N–H and O–H groups in total. The molecule has 16 heavy (non-hydrogen) atoms. The third kappa shape index (κ3) is 2.44. The minimum absolute atomic E-state index is 0.523. The molecule has 0 aromatic carbocycles. The lowest BCUT2D eigenvalue weighted by molar-refractivity contribution is 0.325. The third-order valence-corrected chi connectivity index (χ3v) is 2.77. The second kappa shape index (κ2) is 4.70. The SMILES string of the molecule is C=CCOc1c(CNC2CC2)c(C)nn1C. The molecule has 0 saturated heterocycles. The van der Waals surface area contributed by atoms with Crippen molar-refractivity contribution in [3.8, 4) is 5.88 Å². The fourth-order valence-electron chi connectivity index (χ4n) is 1.74. The molecule has 0 unspecified atom stereocenters. The molecule has 0 radical (unpaired) electrons. The van der Waals surface area contributed by atoms with E-state index in [9.17, 15) is 0 Å². The summed E-state index contributed by atoms with van der Waals surface area (Å²) in [7, 11) is 1.91. The number of hydrogen-bond donors (Lipinski definition) is 1. The van der Waals surface area contributed by atoms with Gasteiger partial charge in [-0.2, -0.15) is 5.10 Å². The van der Waals surface area contributed by atoms with Crippen molar-refractivity contribution in [2.45, 2.75) is 32.4 Å². The van der Waals surface area contributed by atoms with Crippen molar-refractivity contribution >= 4 is 0 Å². The van der Waals surface area contributed by atoms with Crippen LogP contribution in [0.4, 0.5) is 0 Å². The van der Waals surface area contributed by atoms with Gasteiger partial charge in [-0.25, -0.2) is 4.68 Å². The zero-order valence-electron chi connectivity index (χ0n) is 9.99. The van der Waals surface area contributed by atoms with Gasteiger partial charge in [0.1, 0.15) is 6.61 Å². The molecule has 1 saturated carbocycles. The Balaban J connectivity index is 2.08. The van der Waals surface area contributed by atoms with Crippen LogP contribution in [0.5, 0.6) is 5.88 Å². The van der Waals surface area contributed by atoms with Crippen LogP contribution in [0.3, 0.4) is 0 Å². The smallest absolute Gasteiger partial charge is 0.216 e. The Hall–Kier alpha value is -1.29. The summed E-state index contributed by atoms with van der Waals surface area (Å²) < 4.78 is 7.43. The summed E-state index contributed by atoms with van der Waals surface area (Å²) in [5, 5.41) is 7.86. The number of nitrogens with zero attached hydrogens (tertiary/aromatic N) is 2. The van der Waals surface area contributed by atoms with Crippen molar-refractivity contribution in [2.24, 2.45) is 7.05 Å². The van der Waals surface area contributed by atoms with Crippen LogP contribution in [-0.4, -0.2) is 22.4 Å². The standard InChI is InChI=1S/C12H19N3O/c1-4-7-16-12-11(8-13-10-5-6-10)9(2)14-15(12)3/h4,10,13H,1,5-8H2,2-3H3. The number of ether oxygens (including phenoxy) is 1. The van der Waals surface area contributed by atoms with Crippen LogP contribution in [0.2, 0.25) is 0 Å². The Morgan fingerprint density at radius 3 is 3.00 bits per heavy atom. The minimum atomic E-state index is 0.523. The summed E-state index contributed by atoms with van der Waals surface area (Å²) in [6, 6.07) is 0.701. The average molecular weight is 221 g/mol. The first-order valence-corrected chi connectivity index (χ1v) is 5.72. The molecule has 1 aromatic heterocycles. The van der Waals surface area contributed by atoms with E-state index in [2.05, 4.69) is 17.0 Å². The van der Waals surface area contributed by atoms with Gasteiger partial charge in [0.15, 0.2) is 0 Å². The zero-order valence-corrected chi connectivity index (χ0v) is 9.99. The van der Waals surface area contributed by atoms with E-state index >= 15 is 0 Å². The molecule has 1 heterocycles. The van der Waals surface area contributed by atoms with E-state index in [4.69, 9.17) is 4.74 Å². The number of aryl methyl sites for hydroxylation is 2. The molecular formula is C12H19N3O. The quantitative estimate of drug-likeness (QED) is 0.741. The Bertz CT molecular complexity index is 380. The summed E-state index contributed by atoms with van der Waals surface area (Å²) in [5.41, 5.74) is 2.20. The molecule has 88 valence electrons. The molecule has 0 aliphatic heterocycles. The highest BCUT2D eigenvalue weighted by Crippen LogP contribution is 2.24. The van der Waals surface area contributed by atoms with Gasteiger partial charge in [0, 0.05) is 19.6 Å². The minimum Gasteiger partial charge on any atom is -0.473 e. The van der Waals surface area contributed by atoms with Crippen LogP contribution in [0.1, 0.15) is 24.1 Å². The van der Waals surface area contributed by atoms with Gasteiger partial charge in [0.05, 0.1) is 11.3 Å². The molecule has 1 aliphatic carbocycles. The van der Waals surface area contributed by atoms with Gasteiger partial charge in [0.25, 0.3) is 0 Å². The fraction of sp³-hybridized carbons (Fsp3) is 0.583. The number of aromatic nitrogens is 2. The molecule has 0 bridgehead atoms. The second-order valence-corrected chi connectivity index (χ2v) is 4.25. The zero-order chi connectivity index (χ0) is 11.5. The van der Waals surface area contributed by atoms with Gasteiger partial charge >= 0.3 is 0 Å². The topological polar surface area (TPSA) is 39.1 Å². The highest BCUT2D eigenvalue weighted by molar-refractivity contribution is 5.31. The summed E-state index contributed by atoms with van der Waals surface area (Å²) in [6.07, 6.45) is 4.34. The van der Waals surface area contributed by atoms with Gasteiger partial charge in [-0.15, -0.1) is 0 Å². The first kappa shape index (κ1) is 11.2. The Labute approximate surface area is 96.3 Å². The highest BCUT2D eigenvalue weighted by Gasteiger charge is 2.22. The van der Waals surface area contributed by atoms with Crippen LogP contribution < -0.4 is 10.1 Å². The summed E-state index contributed by atoms with van der Waals surface area (Å²) in [6.45, 7) is 7.04. The van der Waals surface area contributed by atoms with Crippen LogP contribution in [0.15, 0.2) is 12.7 Å². The van der Waals surface area contributed by atoms with E-state index in [1.807, 2.05) is 14.0 Å². The molecule has 0 atom stereocenters. The van der Waals surface area contributed by atoms with Crippen LogP contribution in [-0.2, 0) is 13.6 Å². The van der Waals surface area contributed by atoms with E-state index in [1.165, 1.54) is 12.8 Å². The normalized spacial score (nSPS) is 15.1. The second-order valence-electron chi connectivity index (χ2n) is 4.25. The van der Waals surface area contributed by atoms with Gasteiger partial charge in [-0.1, -0.05) is 12.7 Å². The van der Waals surface area contributed by atoms with Gasteiger partial charge in [-0.05, 0) is 19.8 Å². The number of nitrogens with one attached hydrogen (secondary N) is 1. The van der Waals surface area contributed by atoms with Crippen molar-refractivity contribution in [1.29, 1.82) is 0 Å². The third-order valence-electron chi connectivity index (χ3n) is 2.77. The van der Waals surface area contributed by atoms with Crippen LogP contribution >= 0.6 is 0 Å². The largest absolute Gasteiger partial charge is 0.473 e. The Morgan fingerprint density at radius 1 is 1.62 bits per heavy atom. The summed E-state index contributed by atoms with van der Waals surface area (Å²) >= 11 is 0. The molecule has 0 amide bonds. The molecule has 0 spiro atoms. The van der Waals surface area contributed by atoms with Gasteiger partial charge in [-0.3, -0.25) is 0 Å². The van der Waals surface area contributed by atoms with E-state index in [0.717, 1.165) is 23.7 Å². The molecule has 4 heteroatoms. The van der Waals surface area contributed by atoms with E-state index in [-0.39, 0.29) is 0 Å². The van der Waals surface area contributed by atoms with Crippen molar-refractivity contribution < 1.29 is 4.74 Å². The number of rotatable bonds is 6. The lowest BCUT2D eigenvalue weighted by atomic mass is 10.2. The lowest BCUT2D eigenvalue weighted by Gasteiger charge is -2.07. The van der Waals surface area contributed by atoms with E-state index in [0.29, 0.717) is 12.6 Å². The van der Waals surface area contributed by atoms with Crippen molar-refractivity contribution in [3.05, 3.63) is 23.9 Å². The van der Waals surface area contributed by atoms with Crippen molar-refractivity contribution in [3.63, 3.8) is 0 Å². The van der Waals surface area contributed by atoms with E-state index in [1.54, 1.807) is 10.8 Å². The van der Waals surface area contributed by atoms with Crippen LogP contribution in [0, 0.1) is 6.92 Å². The Morgan fingerprint density at radius 2 is 2.38 bits per heavy atom. The maximum absolute atomic E-state index is 5.63. The van der Waals surface area contributed by atoms with Crippen molar-refractivity contribution in [2.75, 3.05) is 6.61 Å². The van der Waals surface area contributed by atoms with Gasteiger partial charge < -0.3 is 10.1 Å². The lowest BCUT2D eigenvalue weighted by Crippen LogP contribution is -2.16. The maximum atomic E-state index is 5.63. The first-order valence-electron chi connectivity index (χ1n) is 5.72. The maximum Gasteiger partial charge on any atom is 0.216 e. The Kier molecular flexibility index (Phi) is 3.29. The molecule has 1 aromatic rings. The molecule has 1 fully saturated rings. The fourth-order valence-corrected chi connectivity index (χ4v) is 1.74. The monoisotopic (exact) mass is 221 g/mol. The highest BCUT2D eigenvalue weighted by atomic mass is 16.5. The van der Waals surface area contributed by atoms with Crippen LogP contribution in [0.25, 0.3) is 0 Å². The predicted molar refractivity (Wildman–Crippen MR) is 63.5 cm³/mol. The summed E-state index contributed by atoms with van der Waals surface area (Å²) in [5.74, 6) is 0.852. The van der Waals surface area contributed by atoms with E-state index < -0.39 is 0 Å². The molecular weight excluding hydrogens is 202 g/mol. The average Bonchev–Trinajstić information content (AvgIpc) is 3.02. The first-order chi connectivity index (χ1) is 7.72. The molecule has 2 rings (SSSR count). The van der Waals surface area contributed by atoms with Gasteiger partial charge in [0.2, 0.25) is 5.88 Å².